The molecule has 0 spiro atoms. The van der Waals surface area contributed by atoms with Crippen LogP contribution in [0.4, 0.5) is 10.5 Å². The van der Waals surface area contributed by atoms with Crippen LogP contribution in [0, 0.1) is 0 Å². The average molecular weight is 650 g/mol. The van der Waals surface area contributed by atoms with E-state index in [1.807, 2.05) is 29.2 Å². The SMILES string of the molecule is CC(C)n1c(=O)c(-c2ccccc2C(=O)C(O)c2ccccc2)cn(CC(=O)N2CCC(N3CCc4ccccc4NC3=O)CC2)c1=O. The van der Waals surface area contributed by atoms with Gasteiger partial charge in [-0.25, -0.2) is 9.59 Å². The number of nitrogens with one attached hydrogen (secondary N) is 1. The standard InChI is InChI=1S/C37H39N5O6/c1-24(2)42-35(46)30(28-13-7-8-14-29(28)34(45)33(44)26-11-4-3-5-12-26)22-40(37(42)48)23-32(43)39-19-17-27(18-20-39)41-21-16-25-10-6-9-15-31(25)38-36(41)47/h3-15,22,24,27,33,44H,16-21,23H2,1-2H3,(H,38,47). The number of amides is 3. The topological polar surface area (TPSA) is 134 Å². The second kappa shape index (κ2) is 13.8. The average Bonchev–Trinajstić information content (AvgIpc) is 3.27. The van der Waals surface area contributed by atoms with E-state index in [0.717, 1.165) is 22.2 Å². The van der Waals surface area contributed by atoms with Gasteiger partial charge in [0.25, 0.3) is 5.56 Å². The summed E-state index contributed by atoms with van der Waals surface area (Å²) in [5.41, 5.74) is 1.57. The number of carbonyl (C=O) groups excluding carboxylic acids is 3. The van der Waals surface area contributed by atoms with Crippen LogP contribution in [0.3, 0.4) is 0 Å². The molecule has 0 radical (unpaired) electrons. The lowest BCUT2D eigenvalue weighted by Gasteiger charge is -2.38. The number of urea groups is 1. The molecule has 11 heteroatoms. The maximum Gasteiger partial charge on any atom is 0.331 e. The molecule has 0 aliphatic carbocycles. The van der Waals surface area contributed by atoms with E-state index < -0.39 is 29.2 Å². The number of hydrogen-bond donors (Lipinski definition) is 2. The Bertz CT molecular complexity index is 1960. The first-order valence-corrected chi connectivity index (χ1v) is 16.3. The molecular weight excluding hydrogens is 610 g/mol. The Morgan fingerprint density at radius 2 is 1.52 bits per heavy atom. The molecule has 3 heterocycles. The summed E-state index contributed by atoms with van der Waals surface area (Å²) in [6.07, 6.45) is 1.82. The molecule has 4 aromatic rings. The Balaban J connectivity index is 1.22. The van der Waals surface area contributed by atoms with Gasteiger partial charge in [-0.2, -0.15) is 0 Å². The smallest absolute Gasteiger partial charge is 0.331 e. The maximum atomic E-state index is 13.7. The normalized spacial score (nSPS) is 15.9. The number of piperidine rings is 1. The molecule has 2 aliphatic heterocycles. The number of aromatic nitrogens is 2. The summed E-state index contributed by atoms with van der Waals surface area (Å²) in [5, 5.41) is 13.9. The molecule has 1 aromatic heterocycles. The number of para-hydroxylation sites is 1. The molecule has 0 bridgehead atoms. The number of rotatable bonds is 8. The van der Waals surface area contributed by atoms with Gasteiger partial charge in [0.2, 0.25) is 5.91 Å². The highest BCUT2D eigenvalue weighted by molar-refractivity contribution is 6.05. The van der Waals surface area contributed by atoms with Crippen LogP contribution in [0.1, 0.15) is 60.3 Å². The van der Waals surface area contributed by atoms with Gasteiger partial charge in [-0.15, -0.1) is 0 Å². The summed E-state index contributed by atoms with van der Waals surface area (Å²) in [6, 6.07) is 22.1. The zero-order valence-electron chi connectivity index (χ0n) is 27.0. The molecular formula is C37H39N5O6. The van der Waals surface area contributed by atoms with Gasteiger partial charge >= 0.3 is 11.7 Å². The largest absolute Gasteiger partial charge is 0.380 e. The number of likely N-dealkylation sites (tertiary alicyclic amines) is 1. The van der Waals surface area contributed by atoms with Crippen LogP contribution in [0.15, 0.2) is 94.6 Å². The first-order chi connectivity index (χ1) is 23.1. The fourth-order valence-corrected chi connectivity index (χ4v) is 6.65. The van der Waals surface area contributed by atoms with Crippen molar-refractivity contribution in [3.05, 3.63) is 123 Å². The summed E-state index contributed by atoms with van der Waals surface area (Å²) in [5.74, 6) is -0.877. The zero-order chi connectivity index (χ0) is 33.9. The zero-order valence-corrected chi connectivity index (χ0v) is 27.0. The lowest BCUT2D eigenvalue weighted by Crippen LogP contribution is -2.51. The third kappa shape index (κ3) is 6.46. The summed E-state index contributed by atoms with van der Waals surface area (Å²) in [6.45, 7) is 4.53. The molecule has 248 valence electrons. The fourth-order valence-electron chi connectivity index (χ4n) is 6.65. The van der Waals surface area contributed by atoms with Crippen molar-refractivity contribution in [3.63, 3.8) is 0 Å². The Morgan fingerprint density at radius 3 is 2.25 bits per heavy atom. The van der Waals surface area contributed by atoms with Gasteiger partial charge in [0.1, 0.15) is 12.6 Å². The predicted octanol–water partition coefficient (Wildman–Crippen LogP) is 4.26. The minimum absolute atomic E-state index is 0.0270. The van der Waals surface area contributed by atoms with Gasteiger partial charge in [0, 0.05) is 49.2 Å². The number of anilines is 1. The van der Waals surface area contributed by atoms with E-state index in [2.05, 4.69) is 5.32 Å². The Morgan fingerprint density at radius 1 is 0.854 bits per heavy atom. The number of hydrogen-bond acceptors (Lipinski definition) is 6. The summed E-state index contributed by atoms with van der Waals surface area (Å²) in [4.78, 5) is 71.0. The second-order valence-corrected chi connectivity index (χ2v) is 12.6. The van der Waals surface area contributed by atoms with Crippen molar-refractivity contribution in [1.82, 2.24) is 18.9 Å². The highest BCUT2D eigenvalue weighted by Gasteiger charge is 2.32. The third-order valence-electron chi connectivity index (χ3n) is 9.25. The van der Waals surface area contributed by atoms with E-state index in [4.69, 9.17) is 0 Å². The van der Waals surface area contributed by atoms with E-state index in [9.17, 15) is 29.1 Å². The number of carbonyl (C=O) groups is 3. The van der Waals surface area contributed by atoms with Crippen molar-refractivity contribution < 1.29 is 19.5 Å². The van der Waals surface area contributed by atoms with Crippen molar-refractivity contribution in [2.45, 2.75) is 57.8 Å². The number of ketones is 1. The lowest BCUT2D eigenvalue weighted by molar-refractivity contribution is -0.133. The monoisotopic (exact) mass is 649 g/mol. The summed E-state index contributed by atoms with van der Waals surface area (Å²) >= 11 is 0. The van der Waals surface area contributed by atoms with Crippen LogP contribution in [0.2, 0.25) is 0 Å². The molecule has 1 unspecified atom stereocenters. The minimum atomic E-state index is -1.45. The third-order valence-corrected chi connectivity index (χ3v) is 9.25. The number of nitrogens with zero attached hydrogens (tertiary/aromatic N) is 4. The Hall–Kier alpha value is -5.29. The van der Waals surface area contributed by atoms with E-state index in [0.29, 0.717) is 38.0 Å². The van der Waals surface area contributed by atoms with Crippen LogP contribution in [0.25, 0.3) is 11.1 Å². The molecule has 2 N–H and O–H groups in total. The molecule has 2 aliphatic rings. The number of benzene rings is 3. The van der Waals surface area contributed by atoms with Crippen LogP contribution in [-0.2, 0) is 17.8 Å². The molecule has 0 saturated carbocycles. The van der Waals surface area contributed by atoms with E-state index in [1.165, 1.54) is 16.8 Å². The fraction of sp³-hybridized carbons (Fsp3) is 0.324. The molecule has 6 rings (SSSR count). The maximum absolute atomic E-state index is 13.7. The van der Waals surface area contributed by atoms with E-state index in [1.54, 1.807) is 67.3 Å². The molecule has 1 atom stereocenters. The molecule has 1 fully saturated rings. The Labute approximate surface area is 278 Å². The van der Waals surface area contributed by atoms with E-state index in [-0.39, 0.29) is 41.2 Å². The number of aliphatic hydroxyl groups is 1. The second-order valence-electron chi connectivity index (χ2n) is 12.6. The van der Waals surface area contributed by atoms with Crippen molar-refractivity contribution in [2.24, 2.45) is 0 Å². The molecule has 11 nitrogen and oxygen atoms in total. The quantitative estimate of drug-likeness (QED) is 0.274. The van der Waals surface area contributed by atoms with Crippen LogP contribution in [0.5, 0.6) is 0 Å². The van der Waals surface area contributed by atoms with E-state index >= 15 is 0 Å². The van der Waals surface area contributed by atoms with Crippen molar-refractivity contribution in [1.29, 1.82) is 0 Å². The molecule has 48 heavy (non-hydrogen) atoms. The predicted molar refractivity (Wildman–Crippen MR) is 182 cm³/mol. The van der Waals surface area contributed by atoms with Crippen molar-refractivity contribution >= 4 is 23.4 Å². The van der Waals surface area contributed by atoms with Gasteiger partial charge in [0.05, 0.1) is 5.56 Å². The summed E-state index contributed by atoms with van der Waals surface area (Å²) in [7, 11) is 0. The first-order valence-electron chi connectivity index (χ1n) is 16.3. The van der Waals surface area contributed by atoms with Crippen molar-refractivity contribution in [3.8, 4) is 11.1 Å². The molecule has 3 amide bonds. The number of aliphatic hydroxyl groups excluding tert-OH is 1. The Kier molecular flexibility index (Phi) is 9.40. The summed E-state index contributed by atoms with van der Waals surface area (Å²) < 4.78 is 2.30. The van der Waals surface area contributed by atoms with Crippen molar-refractivity contribution in [2.75, 3.05) is 25.0 Å². The number of fused-ring (bicyclic) bond motifs is 1. The molecule has 1 saturated heterocycles. The van der Waals surface area contributed by atoms with Crippen LogP contribution in [-0.4, -0.2) is 67.4 Å². The minimum Gasteiger partial charge on any atom is -0.380 e. The van der Waals surface area contributed by atoms with Crippen LogP contribution >= 0.6 is 0 Å². The first kappa shape index (κ1) is 32.6. The van der Waals surface area contributed by atoms with Gasteiger partial charge < -0.3 is 20.2 Å². The highest BCUT2D eigenvalue weighted by Crippen LogP contribution is 2.27. The van der Waals surface area contributed by atoms with Gasteiger partial charge in [-0.1, -0.05) is 72.8 Å². The lowest BCUT2D eigenvalue weighted by atomic mass is 9.93. The molecule has 3 aromatic carbocycles. The van der Waals surface area contributed by atoms with Gasteiger partial charge in [0.15, 0.2) is 5.78 Å². The highest BCUT2D eigenvalue weighted by atomic mass is 16.3. The number of Topliss-reactive ketones (excluding diaryl/α,β-unsaturated/α-hetero) is 1. The van der Waals surface area contributed by atoms with Gasteiger partial charge in [-0.3, -0.25) is 23.5 Å². The van der Waals surface area contributed by atoms with Crippen LogP contribution < -0.4 is 16.6 Å². The van der Waals surface area contributed by atoms with Gasteiger partial charge in [-0.05, 0) is 55.9 Å².